The fourth-order valence-corrected chi connectivity index (χ4v) is 4.17. The summed E-state index contributed by atoms with van der Waals surface area (Å²) in [6.45, 7) is 2.55. The van der Waals surface area contributed by atoms with Gasteiger partial charge in [-0.25, -0.2) is 10.2 Å². The van der Waals surface area contributed by atoms with Gasteiger partial charge in [0.15, 0.2) is 11.2 Å². The van der Waals surface area contributed by atoms with E-state index >= 15 is 0 Å². The van der Waals surface area contributed by atoms with Gasteiger partial charge in [0, 0.05) is 24.8 Å². The van der Waals surface area contributed by atoms with Crippen molar-refractivity contribution in [2.45, 2.75) is 39.2 Å². The van der Waals surface area contributed by atoms with E-state index < -0.39 is 11.2 Å². The van der Waals surface area contributed by atoms with Gasteiger partial charge in [-0.1, -0.05) is 36.7 Å². The summed E-state index contributed by atoms with van der Waals surface area (Å²) in [7, 11) is 3.07. The van der Waals surface area contributed by atoms with Gasteiger partial charge in [-0.2, -0.15) is 10.1 Å². The minimum atomic E-state index is -0.422. The zero-order valence-corrected chi connectivity index (χ0v) is 18.1. The molecule has 1 aromatic carbocycles. The Kier molecular flexibility index (Phi) is 5.51. The molecule has 0 spiro atoms. The molecule has 1 N–H and O–H groups in total. The van der Waals surface area contributed by atoms with Gasteiger partial charge in [0.25, 0.3) is 5.56 Å². The summed E-state index contributed by atoms with van der Waals surface area (Å²) >= 11 is 6.37. The van der Waals surface area contributed by atoms with E-state index in [-0.39, 0.29) is 0 Å². The first kappa shape index (κ1) is 20.4. The summed E-state index contributed by atoms with van der Waals surface area (Å²) < 4.78 is 4.21. The largest absolute Gasteiger partial charge is 0.332 e. The third-order valence-electron chi connectivity index (χ3n) is 5.69. The third-order valence-corrected chi connectivity index (χ3v) is 6.06. The molecule has 158 valence electrons. The maximum absolute atomic E-state index is 13.0. The lowest BCUT2D eigenvalue weighted by atomic mass is 9.89. The standard InChI is InChI=1S/C21H25ClN6O2/c1-13-7-6-9-15(11-13)24-25-20-23-18-17(19(29)27(3)21(30)26(18)2)28(20)12-14-8-4-5-10-16(14)22/h4-5,8,10,13H,6-7,9,11-12H2,1-3H3,(H,23,25)/b24-15+/t13-/m1/s1. The van der Waals surface area contributed by atoms with Crippen molar-refractivity contribution in [3.8, 4) is 0 Å². The summed E-state index contributed by atoms with van der Waals surface area (Å²) in [5.74, 6) is 1.02. The van der Waals surface area contributed by atoms with Crippen molar-refractivity contribution in [1.29, 1.82) is 0 Å². The summed E-state index contributed by atoms with van der Waals surface area (Å²) in [6.07, 6.45) is 4.22. The fraction of sp³-hybridized carbons (Fsp3) is 0.429. The highest BCUT2D eigenvalue weighted by Gasteiger charge is 2.20. The molecule has 1 atom stereocenters. The van der Waals surface area contributed by atoms with Crippen LogP contribution < -0.4 is 16.7 Å². The predicted molar refractivity (Wildman–Crippen MR) is 119 cm³/mol. The molecule has 4 rings (SSSR count). The molecule has 0 saturated heterocycles. The van der Waals surface area contributed by atoms with E-state index in [2.05, 4.69) is 22.4 Å². The van der Waals surface area contributed by atoms with Gasteiger partial charge in [0.1, 0.15) is 0 Å². The van der Waals surface area contributed by atoms with Gasteiger partial charge in [-0.3, -0.25) is 18.5 Å². The molecule has 0 amide bonds. The molecule has 2 heterocycles. The average Bonchev–Trinajstić information content (AvgIpc) is 3.09. The molecule has 2 aromatic heterocycles. The van der Waals surface area contributed by atoms with Crippen LogP contribution in [0.4, 0.5) is 5.95 Å². The zero-order chi connectivity index (χ0) is 21.4. The molecular weight excluding hydrogens is 404 g/mol. The summed E-state index contributed by atoms with van der Waals surface area (Å²) in [4.78, 5) is 29.9. The Hall–Kier alpha value is -2.87. The quantitative estimate of drug-likeness (QED) is 0.647. The fourth-order valence-electron chi connectivity index (χ4n) is 3.97. The number of hydrazone groups is 1. The van der Waals surface area contributed by atoms with E-state index in [9.17, 15) is 9.59 Å². The van der Waals surface area contributed by atoms with E-state index in [1.165, 1.54) is 18.0 Å². The number of hydrogen-bond acceptors (Lipinski definition) is 5. The zero-order valence-electron chi connectivity index (χ0n) is 17.4. The number of nitrogens with one attached hydrogen (secondary N) is 1. The molecule has 1 fully saturated rings. The Morgan fingerprint density at radius 1 is 1.23 bits per heavy atom. The lowest BCUT2D eigenvalue weighted by Crippen LogP contribution is -2.37. The molecule has 0 unspecified atom stereocenters. The molecule has 1 aliphatic rings. The number of fused-ring (bicyclic) bond motifs is 1. The van der Waals surface area contributed by atoms with Gasteiger partial charge in [0.2, 0.25) is 5.95 Å². The molecule has 1 saturated carbocycles. The van der Waals surface area contributed by atoms with Crippen molar-refractivity contribution >= 4 is 34.4 Å². The average molecular weight is 429 g/mol. The van der Waals surface area contributed by atoms with Crippen molar-refractivity contribution < 1.29 is 0 Å². The predicted octanol–water partition coefficient (Wildman–Crippen LogP) is 3.11. The van der Waals surface area contributed by atoms with Crippen molar-refractivity contribution in [3.05, 3.63) is 55.7 Å². The Bertz CT molecular complexity index is 1250. The minimum absolute atomic E-state index is 0.315. The highest BCUT2D eigenvalue weighted by molar-refractivity contribution is 6.31. The summed E-state index contributed by atoms with van der Waals surface area (Å²) in [6, 6.07) is 7.46. The molecule has 30 heavy (non-hydrogen) atoms. The molecule has 9 heteroatoms. The summed E-state index contributed by atoms with van der Waals surface area (Å²) in [5, 5.41) is 5.18. The molecule has 0 bridgehead atoms. The van der Waals surface area contributed by atoms with Crippen LogP contribution in [0.25, 0.3) is 11.2 Å². The van der Waals surface area contributed by atoms with Gasteiger partial charge >= 0.3 is 5.69 Å². The smallest absolute Gasteiger partial charge is 0.298 e. The number of benzene rings is 1. The highest BCUT2D eigenvalue weighted by Crippen LogP contribution is 2.24. The number of halogens is 1. The third kappa shape index (κ3) is 3.67. The van der Waals surface area contributed by atoms with E-state index in [0.29, 0.717) is 34.6 Å². The topological polar surface area (TPSA) is 86.2 Å². The van der Waals surface area contributed by atoms with E-state index in [1.807, 2.05) is 18.2 Å². The normalized spacial score (nSPS) is 18.3. The monoisotopic (exact) mass is 428 g/mol. The SMILES string of the molecule is C[C@@H]1CCC/C(=N\Nc2nc3c(c(=O)n(C)c(=O)n3C)n2Cc2ccccc2Cl)C1. The van der Waals surface area contributed by atoms with E-state index in [4.69, 9.17) is 11.6 Å². The van der Waals surface area contributed by atoms with Crippen LogP contribution in [0.2, 0.25) is 5.02 Å². The number of nitrogens with zero attached hydrogens (tertiary/aromatic N) is 5. The van der Waals surface area contributed by atoms with Crippen LogP contribution in [0.1, 0.15) is 38.2 Å². The Labute approximate surface area is 178 Å². The summed E-state index contributed by atoms with van der Waals surface area (Å²) in [5.41, 5.74) is 4.81. The van der Waals surface area contributed by atoms with E-state index in [1.54, 1.807) is 17.7 Å². The van der Waals surface area contributed by atoms with Crippen molar-refractivity contribution in [2.75, 3.05) is 5.43 Å². The molecular formula is C21H25ClN6O2. The van der Waals surface area contributed by atoms with Crippen LogP contribution in [-0.2, 0) is 20.6 Å². The maximum Gasteiger partial charge on any atom is 0.332 e. The first-order valence-corrected chi connectivity index (χ1v) is 10.5. The first-order chi connectivity index (χ1) is 14.4. The van der Waals surface area contributed by atoms with Crippen LogP contribution in [0.5, 0.6) is 0 Å². The second-order valence-corrected chi connectivity index (χ2v) is 8.39. The highest BCUT2D eigenvalue weighted by atomic mass is 35.5. The molecule has 1 aliphatic carbocycles. The number of aryl methyl sites for hydroxylation is 1. The number of aromatic nitrogens is 4. The number of hydrogen-bond donors (Lipinski definition) is 1. The minimum Gasteiger partial charge on any atom is -0.298 e. The second-order valence-electron chi connectivity index (χ2n) is 7.98. The van der Waals surface area contributed by atoms with Crippen molar-refractivity contribution in [2.24, 2.45) is 25.1 Å². The molecule has 3 aromatic rings. The molecule has 0 aliphatic heterocycles. The van der Waals surface area contributed by atoms with Crippen LogP contribution >= 0.6 is 11.6 Å². The van der Waals surface area contributed by atoms with Crippen molar-refractivity contribution in [1.82, 2.24) is 18.7 Å². The first-order valence-electron chi connectivity index (χ1n) is 10.1. The Morgan fingerprint density at radius 3 is 2.73 bits per heavy atom. The van der Waals surface area contributed by atoms with Gasteiger partial charge in [-0.05, 0) is 43.2 Å². The van der Waals surface area contributed by atoms with Gasteiger partial charge in [0.05, 0.1) is 6.54 Å². The number of anilines is 1. The van der Waals surface area contributed by atoms with Crippen LogP contribution in [0.15, 0.2) is 39.0 Å². The lowest BCUT2D eigenvalue weighted by molar-refractivity contribution is 0.500. The molecule has 8 nitrogen and oxygen atoms in total. The van der Waals surface area contributed by atoms with Crippen LogP contribution in [-0.4, -0.2) is 24.4 Å². The second kappa shape index (κ2) is 8.10. The van der Waals surface area contributed by atoms with Crippen LogP contribution in [0, 0.1) is 5.92 Å². The lowest BCUT2D eigenvalue weighted by Gasteiger charge is -2.19. The number of rotatable bonds is 4. The van der Waals surface area contributed by atoms with Gasteiger partial charge in [-0.15, -0.1) is 0 Å². The Morgan fingerprint density at radius 2 is 2.00 bits per heavy atom. The Balaban J connectivity index is 1.86. The number of imidazole rings is 1. The van der Waals surface area contributed by atoms with E-state index in [0.717, 1.165) is 35.1 Å². The van der Waals surface area contributed by atoms with Crippen molar-refractivity contribution in [3.63, 3.8) is 0 Å². The molecule has 0 radical (unpaired) electrons. The van der Waals surface area contributed by atoms with Crippen LogP contribution in [0.3, 0.4) is 0 Å². The van der Waals surface area contributed by atoms with Gasteiger partial charge < -0.3 is 0 Å². The maximum atomic E-state index is 13.0.